The lowest BCUT2D eigenvalue weighted by molar-refractivity contribution is -0.137. The molecule has 0 saturated heterocycles. The first-order valence-electron chi connectivity index (χ1n) is 6.96. The molecule has 0 aromatic heterocycles. The van der Waals surface area contributed by atoms with E-state index in [1.165, 1.54) is 7.05 Å². The number of alkyl halides is 3. The van der Waals surface area contributed by atoms with Crippen LogP contribution >= 0.6 is 0 Å². The molecule has 0 fully saturated rings. The van der Waals surface area contributed by atoms with Gasteiger partial charge in [-0.15, -0.1) is 0 Å². The molecule has 0 radical (unpaired) electrons. The van der Waals surface area contributed by atoms with Crippen LogP contribution in [0.1, 0.15) is 25.8 Å². The molecular formula is C14H20F4N2O2S. The highest BCUT2D eigenvalue weighted by Gasteiger charge is 2.34. The van der Waals surface area contributed by atoms with E-state index in [-0.39, 0.29) is 18.5 Å². The zero-order valence-electron chi connectivity index (χ0n) is 13.1. The Kier molecular flexibility index (Phi) is 6.17. The zero-order valence-corrected chi connectivity index (χ0v) is 13.9. The first kappa shape index (κ1) is 19.9. The molecule has 4 nitrogen and oxygen atoms in total. The van der Waals surface area contributed by atoms with Crippen LogP contribution in [0.2, 0.25) is 0 Å². The smallest absolute Gasteiger partial charge is 0.327 e. The largest absolute Gasteiger partial charge is 0.416 e. The second-order valence-corrected chi connectivity index (χ2v) is 7.68. The summed E-state index contributed by atoms with van der Waals surface area (Å²) in [5.74, 6) is -1.10. The highest BCUT2D eigenvalue weighted by Crippen LogP contribution is 2.32. The minimum atomic E-state index is -4.75. The van der Waals surface area contributed by atoms with Gasteiger partial charge in [0, 0.05) is 19.6 Å². The molecule has 1 aromatic carbocycles. The van der Waals surface area contributed by atoms with E-state index in [1.807, 2.05) is 13.8 Å². The molecule has 0 aliphatic rings. The Morgan fingerprint density at radius 3 is 2.30 bits per heavy atom. The summed E-state index contributed by atoms with van der Waals surface area (Å²) in [7, 11) is -3.19. The van der Waals surface area contributed by atoms with Crippen molar-refractivity contribution in [3.05, 3.63) is 29.6 Å². The SMILES string of the molecule is CC(C)C(N)CCN(C)S(=O)(=O)c1cc(C(F)(F)F)ccc1F. The second-order valence-electron chi connectivity index (χ2n) is 5.67. The molecule has 0 heterocycles. The average Bonchev–Trinajstić information content (AvgIpc) is 2.42. The van der Waals surface area contributed by atoms with Crippen molar-refractivity contribution >= 4 is 10.0 Å². The van der Waals surface area contributed by atoms with Crippen molar-refractivity contribution in [1.29, 1.82) is 0 Å². The van der Waals surface area contributed by atoms with Gasteiger partial charge in [0.1, 0.15) is 10.7 Å². The normalized spacial score (nSPS) is 14.5. The molecule has 132 valence electrons. The van der Waals surface area contributed by atoms with E-state index in [9.17, 15) is 26.0 Å². The van der Waals surface area contributed by atoms with Crippen LogP contribution in [-0.4, -0.2) is 32.4 Å². The van der Waals surface area contributed by atoms with Crippen LogP contribution in [0.4, 0.5) is 17.6 Å². The summed E-state index contributed by atoms with van der Waals surface area (Å²) < 4.78 is 77.2. The van der Waals surface area contributed by atoms with E-state index >= 15 is 0 Å². The topological polar surface area (TPSA) is 63.4 Å². The molecule has 0 aliphatic heterocycles. The molecule has 1 atom stereocenters. The summed E-state index contributed by atoms with van der Waals surface area (Å²) in [6.07, 6.45) is -4.44. The Hall–Kier alpha value is -1.19. The molecule has 1 unspecified atom stereocenters. The third-order valence-corrected chi connectivity index (χ3v) is 5.45. The van der Waals surface area contributed by atoms with Gasteiger partial charge in [-0.3, -0.25) is 0 Å². The standard InChI is InChI=1S/C14H20F4N2O2S/c1-9(2)12(19)6-7-20(3)23(21,22)13-8-10(14(16,17)18)4-5-11(13)15/h4-5,8-9,12H,6-7,19H2,1-3H3. The maximum absolute atomic E-state index is 13.7. The van der Waals surface area contributed by atoms with Gasteiger partial charge in [0.25, 0.3) is 0 Å². The first-order valence-corrected chi connectivity index (χ1v) is 8.40. The zero-order chi connectivity index (χ0) is 18.0. The summed E-state index contributed by atoms with van der Waals surface area (Å²) in [5.41, 5.74) is 4.60. The molecule has 0 amide bonds. The van der Waals surface area contributed by atoms with Gasteiger partial charge < -0.3 is 5.73 Å². The Labute approximate surface area is 133 Å². The predicted octanol–water partition coefficient (Wildman–Crippen LogP) is 2.84. The van der Waals surface area contributed by atoms with Crippen LogP contribution in [-0.2, 0) is 16.2 Å². The Bertz CT molecular complexity index is 645. The van der Waals surface area contributed by atoms with Crippen molar-refractivity contribution in [2.45, 2.75) is 37.4 Å². The predicted molar refractivity (Wildman–Crippen MR) is 78.6 cm³/mol. The molecule has 0 spiro atoms. The lowest BCUT2D eigenvalue weighted by atomic mass is 10.0. The number of hydrogen-bond donors (Lipinski definition) is 1. The number of nitrogens with two attached hydrogens (primary N) is 1. The maximum atomic E-state index is 13.7. The van der Waals surface area contributed by atoms with Gasteiger partial charge in [-0.05, 0) is 30.5 Å². The number of sulfonamides is 1. The average molecular weight is 356 g/mol. The fourth-order valence-electron chi connectivity index (χ4n) is 1.83. The van der Waals surface area contributed by atoms with Crippen LogP contribution in [0.5, 0.6) is 0 Å². The molecule has 23 heavy (non-hydrogen) atoms. The van der Waals surface area contributed by atoms with Crippen molar-refractivity contribution in [3.63, 3.8) is 0 Å². The Balaban J connectivity index is 3.08. The summed E-state index contributed by atoms with van der Waals surface area (Å²) in [4.78, 5) is -0.993. The van der Waals surface area contributed by atoms with Crippen molar-refractivity contribution in [2.24, 2.45) is 11.7 Å². The third-order valence-electron chi connectivity index (χ3n) is 3.58. The Morgan fingerprint density at radius 2 is 1.83 bits per heavy atom. The quantitative estimate of drug-likeness (QED) is 0.797. The van der Waals surface area contributed by atoms with E-state index < -0.39 is 32.5 Å². The van der Waals surface area contributed by atoms with Gasteiger partial charge >= 0.3 is 6.18 Å². The van der Waals surface area contributed by atoms with E-state index in [1.54, 1.807) is 0 Å². The molecule has 9 heteroatoms. The maximum Gasteiger partial charge on any atom is 0.416 e. The molecule has 1 aromatic rings. The summed E-state index contributed by atoms with van der Waals surface area (Å²) in [6, 6.07) is 1.05. The molecule has 0 aliphatic carbocycles. The van der Waals surface area contributed by atoms with Gasteiger partial charge in [0.05, 0.1) is 5.56 Å². The van der Waals surface area contributed by atoms with E-state index in [0.717, 1.165) is 4.31 Å². The molecular weight excluding hydrogens is 336 g/mol. The van der Waals surface area contributed by atoms with Gasteiger partial charge in [0.15, 0.2) is 0 Å². The number of rotatable bonds is 6. The lowest BCUT2D eigenvalue weighted by Gasteiger charge is -2.22. The monoisotopic (exact) mass is 356 g/mol. The number of benzene rings is 1. The van der Waals surface area contributed by atoms with E-state index in [2.05, 4.69) is 0 Å². The van der Waals surface area contributed by atoms with Gasteiger partial charge in [-0.2, -0.15) is 13.2 Å². The van der Waals surface area contributed by atoms with Crippen molar-refractivity contribution in [3.8, 4) is 0 Å². The highest BCUT2D eigenvalue weighted by atomic mass is 32.2. The van der Waals surface area contributed by atoms with Crippen LogP contribution in [0.25, 0.3) is 0 Å². The minimum Gasteiger partial charge on any atom is -0.327 e. The third kappa shape index (κ3) is 4.89. The molecule has 1 rings (SSSR count). The van der Waals surface area contributed by atoms with Crippen LogP contribution < -0.4 is 5.73 Å². The van der Waals surface area contributed by atoms with Gasteiger partial charge in [-0.25, -0.2) is 17.1 Å². The summed E-state index contributed by atoms with van der Waals surface area (Å²) in [5, 5.41) is 0. The van der Waals surface area contributed by atoms with Crippen molar-refractivity contribution in [2.75, 3.05) is 13.6 Å². The minimum absolute atomic E-state index is 0.0165. The van der Waals surface area contributed by atoms with Crippen LogP contribution in [0, 0.1) is 11.7 Å². The molecule has 0 bridgehead atoms. The van der Waals surface area contributed by atoms with E-state index in [0.29, 0.717) is 24.6 Å². The van der Waals surface area contributed by atoms with Crippen LogP contribution in [0.3, 0.4) is 0 Å². The van der Waals surface area contributed by atoms with Crippen molar-refractivity contribution < 1.29 is 26.0 Å². The van der Waals surface area contributed by atoms with Gasteiger partial charge in [-0.1, -0.05) is 13.8 Å². The summed E-state index contributed by atoms with van der Waals surface area (Å²) in [6.45, 7) is 3.72. The number of nitrogens with zero attached hydrogens (tertiary/aromatic N) is 1. The first-order chi connectivity index (χ1) is 10.4. The number of hydrogen-bond acceptors (Lipinski definition) is 3. The fraction of sp³-hybridized carbons (Fsp3) is 0.571. The van der Waals surface area contributed by atoms with Gasteiger partial charge in [0.2, 0.25) is 10.0 Å². The number of halogens is 4. The molecule has 2 N–H and O–H groups in total. The fourth-order valence-corrected chi connectivity index (χ4v) is 3.10. The van der Waals surface area contributed by atoms with Crippen LogP contribution in [0.15, 0.2) is 23.1 Å². The van der Waals surface area contributed by atoms with Crippen molar-refractivity contribution in [1.82, 2.24) is 4.31 Å². The summed E-state index contributed by atoms with van der Waals surface area (Å²) >= 11 is 0. The Morgan fingerprint density at radius 1 is 1.26 bits per heavy atom. The molecule has 0 saturated carbocycles. The highest BCUT2D eigenvalue weighted by molar-refractivity contribution is 7.89. The van der Waals surface area contributed by atoms with E-state index in [4.69, 9.17) is 5.73 Å². The lowest BCUT2D eigenvalue weighted by Crippen LogP contribution is -2.35. The second kappa shape index (κ2) is 7.14.